The van der Waals surface area contributed by atoms with Gasteiger partial charge >= 0.3 is 12.5 Å². The number of anilines is 1. The Morgan fingerprint density at radius 2 is 1.81 bits per heavy atom. The van der Waals surface area contributed by atoms with Crippen LogP contribution in [-0.4, -0.2) is 35.6 Å². The number of hydrogen-bond acceptors (Lipinski definition) is 6. The maximum atomic E-state index is 14.0. The zero-order valence-corrected chi connectivity index (χ0v) is 21.9. The number of fused-ring (bicyclic) bond motifs is 2. The number of nitrogens with zero attached hydrogens (tertiary/aromatic N) is 3. The largest absolute Gasteiger partial charge is 0.586 e. The number of alkyl halides is 5. The number of hydrogen-bond donors (Lipinski definition) is 0. The van der Waals surface area contributed by atoms with Crippen LogP contribution >= 0.6 is 0 Å². The third-order valence-electron chi connectivity index (χ3n) is 6.82. The average Bonchev–Trinajstić information content (AvgIpc) is 3.52. The van der Waals surface area contributed by atoms with Crippen molar-refractivity contribution in [2.24, 2.45) is 0 Å². The molecule has 3 aromatic carbocycles. The second-order valence-corrected chi connectivity index (χ2v) is 9.64. The Morgan fingerprint density at radius 3 is 2.57 bits per heavy atom. The minimum atomic E-state index is -4.76. The number of carbonyl (C=O) groups is 1. The molecule has 218 valence electrons. The molecule has 2 aliphatic heterocycles. The summed E-state index contributed by atoms with van der Waals surface area (Å²) in [6.07, 6.45) is -9.44. The summed E-state index contributed by atoms with van der Waals surface area (Å²) < 4.78 is 90.4. The van der Waals surface area contributed by atoms with E-state index in [-0.39, 0.29) is 59.5 Å². The number of aromatic nitrogens is 2. The number of carbonyl (C=O) groups excluding carboxylic acids is 1. The first-order valence-electron chi connectivity index (χ1n) is 12.7. The van der Waals surface area contributed by atoms with Crippen LogP contribution in [0, 0.1) is 0 Å². The van der Waals surface area contributed by atoms with Crippen molar-refractivity contribution in [1.29, 1.82) is 0 Å². The average molecular weight is 588 g/mol. The van der Waals surface area contributed by atoms with Crippen molar-refractivity contribution in [3.63, 3.8) is 0 Å². The summed E-state index contributed by atoms with van der Waals surface area (Å²) in [4.78, 5) is 14.6. The van der Waals surface area contributed by atoms with E-state index in [9.17, 15) is 26.7 Å². The Kier molecular flexibility index (Phi) is 6.86. The van der Waals surface area contributed by atoms with Gasteiger partial charge in [0.25, 0.3) is 5.91 Å². The molecule has 0 fully saturated rings. The molecule has 0 spiro atoms. The van der Waals surface area contributed by atoms with Gasteiger partial charge in [0.15, 0.2) is 17.2 Å². The molecular formula is C29H22F5N3O5. The van der Waals surface area contributed by atoms with Crippen LogP contribution in [0.15, 0.2) is 72.8 Å². The van der Waals surface area contributed by atoms with E-state index >= 15 is 0 Å². The number of rotatable bonds is 6. The molecule has 4 aromatic rings. The Labute approximate surface area is 235 Å². The van der Waals surface area contributed by atoms with Crippen LogP contribution < -0.4 is 14.4 Å². The normalized spacial score (nSPS) is 17.1. The van der Waals surface area contributed by atoms with Crippen molar-refractivity contribution in [2.45, 2.75) is 31.8 Å². The first-order chi connectivity index (χ1) is 20.0. The second-order valence-electron chi connectivity index (χ2n) is 9.64. The molecule has 0 aliphatic carbocycles. The minimum Gasteiger partial charge on any atom is -0.395 e. The van der Waals surface area contributed by atoms with Crippen molar-refractivity contribution in [1.82, 2.24) is 9.78 Å². The molecule has 8 nitrogen and oxygen atoms in total. The van der Waals surface area contributed by atoms with Gasteiger partial charge in [-0.2, -0.15) is 18.3 Å². The van der Waals surface area contributed by atoms with Crippen LogP contribution in [0.4, 0.5) is 27.6 Å². The van der Waals surface area contributed by atoms with E-state index in [1.807, 2.05) is 30.3 Å². The van der Waals surface area contributed by atoms with Crippen LogP contribution in [0.1, 0.15) is 39.0 Å². The van der Waals surface area contributed by atoms with E-state index < -0.39 is 30.2 Å². The SMILES string of the molecule is CN(C(=O)c1cccc(-n2nc(C(F)(F)F)c3c2C(OCc2ccccc2)COC3)c1)c1ccc2c(c1)OC(F)(F)O2. The predicted molar refractivity (Wildman–Crippen MR) is 138 cm³/mol. The van der Waals surface area contributed by atoms with E-state index in [2.05, 4.69) is 14.6 Å². The van der Waals surface area contributed by atoms with Crippen molar-refractivity contribution >= 4 is 11.6 Å². The summed E-state index contributed by atoms with van der Waals surface area (Å²) >= 11 is 0. The quantitative estimate of drug-likeness (QED) is 0.248. The third-order valence-corrected chi connectivity index (χ3v) is 6.82. The van der Waals surface area contributed by atoms with Crippen molar-refractivity contribution < 1.29 is 45.7 Å². The van der Waals surface area contributed by atoms with Gasteiger partial charge in [0, 0.05) is 29.9 Å². The summed E-state index contributed by atoms with van der Waals surface area (Å²) in [5.41, 5.74) is 0.307. The molecule has 0 radical (unpaired) electrons. The maximum Gasteiger partial charge on any atom is 0.586 e. The minimum absolute atomic E-state index is 0.00728. The van der Waals surface area contributed by atoms with Gasteiger partial charge in [-0.05, 0) is 35.9 Å². The first kappa shape index (κ1) is 27.7. The monoisotopic (exact) mass is 587 g/mol. The summed E-state index contributed by atoms with van der Waals surface area (Å²) in [6.45, 7) is -0.168. The predicted octanol–water partition coefficient (Wildman–Crippen LogP) is 6.28. The molecule has 1 unspecified atom stereocenters. The summed E-state index contributed by atoms with van der Waals surface area (Å²) in [5.74, 6) is -0.971. The molecule has 0 saturated carbocycles. The Balaban J connectivity index is 1.33. The summed E-state index contributed by atoms with van der Waals surface area (Å²) in [7, 11) is 1.42. The Morgan fingerprint density at radius 1 is 1.05 bits per heavy atom. The van der Waals surface area contributed by atoms with Gasteiger partial charge in [-0.25, -0.2) is 4.68 Å². The highest BCUT2D eigenvalue weighted by Crippen LogP contribution is 2.43. The first-order valence-corrected chi connectivity index (χ1v) is 12.7. The zero-order valence-electron chi connectivity index (χ0n) is 21.9. The Bertz CT molecular complexity index is 1640. The van der Waals surface area contributed by atoms with Gasteiger partial charge in [-0.15, -0.1) is 8.78 Å². The summed E-state index contributed by atoms with van der Waals surface area (Å²) in [6, 6.07) is 19.0. The molecule has 13 heteroatoms. The lowest BCUT2D eigenvalue weighted by molar-refractivity contribution is -0.286. The second kappa shape index (κ2) is 10.4. The van der Waals surface area contributed by atoms with E-state index in [1.165, 1.54) is 54.4 Å². The summed E-state index contributed by atoms with van der Waals surface area (Å²) in [5, 5.41) is 3.90. The fourth-order valence-corrected chi connectivity index (χ4v) is 4.83. The molecular weight excluding hydrogens is 565 g/mol. The standard InChI is InChI=1S/C29H22F5N3O5/c1-36(19-10-11-22-23(13-19)42-29(33,34)41-22)27(38)18-8-5-9-20(12-18)37-25-21(26(35-37)28(30,31)32)15-39-16-24(25)40-14-17-6-3-2-4-7-17/h2-13,24H,14-16H2,1H3. The number of benzene rings is 3. The molecule has 0 N–H and O–H groups in total. The van der Waals surface area contributed by atoms with Crippen LogP contribution in [0.3, 0.4) is 0 Å². The van der Waals surface area contributed by atoms with Crippen LogP contribution in [0.5, 0.6) is 11.5 Å². The topological polar surface area (TPSA) is 75.1 Å². The van der Waals surface area contributed by atoms with Crippen molar-refractivity contribution in [3.05, 3.63) is 101 Å². The molecule has 2 aliphatic rings. The van der Waals surface area contributed by atoms with Crippen LogP contribution in [0.25, 0.3) is 5.69 Å². The highest BCUT2D eigenvalue weighted by atomic mass is 19.4. The number of halogens is 5. The lowest BCUT2D eigenvalue weighted by atomic mass is 10.1. The maximum absolute atomic E-state index is 14.0. The highest BCUT2D eigenvalue weighted by Gasteiger charge is 2.44. The highest BCUT2D eigenvalue weighted by molar-refractivity contribution is 6.06. The van der Waals surface area contributed by atoms with E-state index in [0.717, 1.165) is 10.2 Å². The third kappa shape index (κ3) is 5.28. The van der Waals surface area contributed by atoms with E-state index in [1.54, 1.807) is 0 Å². The zero-order chi connectivity index (χ0) is 29.6. The molecule has 42 heavy (non-hydrogen) atoms. The van der Waals surface area contributed by atoms with Gasteiger partial charge in [0.1, 0.15) is 6.10 Å². The number of ether oxygens (including phenoxy) is 4. The van der Waals surface area contributed by atoms with E-state index in [4.69, 9.17) is 9.47 Å². The Hall–Kier alpha value is -4.49. The molecule has 3 heterocycles. The van der Waals surface area contributed by atoms with Crippen molar-refractivity contribution in [2.75, 3.05) is 18.6 Å². The molecule has 0 saturated heterocycles. The van der Waals surface area contributed by atoms with Crippen LogP contribution in [-0.2, 0) is 28.9 Å². The molecule has 1 atom stereocenters. The lowest BCUT2D eigenvalue weighted by Crippen LogP contribution is -2.26. The molecule has 6 rings (SSSR count). The van der Waals surface area contributed by atoms with Gasteiger partial charge in [0.05, 0.1) is 31.2 Å². The van der Waals surface area contributed by atoms with Gasteiger partial charge in [-0.1, -0.05) is 36.4 Å². The molecule has 1 aromatic heterocycles. The van der Waals surface area contributed by atoms with Gasteiger partial charge in [-0.3, -0.25) is 4.79 Å². The van der Waals surface area contributed by atoms with Crippen LogP contribution in [0.2, 0.25) is 0 Å². The lowest BCUT2D eigenvalue weighted by Gasteiger charge is -2.25. The smallest absolute Gasteiger partial charge is 0.395 e. The fraction of sp³-hybridized carbons (Fsp3) is 0.241. The van der Waals surface area contributed by atoms with Crippen molar-refractivity contribution in [3.8, 4) is 17.2 Å². The molecule has 1 amide bonds. The fourth-order valence-electron chi connectivity index (χ4n) is 4.83. The van der Waals surface area contributed by atoms with Gasteiger partial charge < -0.3 is 23.8 Å². The number of amides is 1. The van der Waals surface area contributed by atoms with Gasteiger partial charge in [0.2, 0.25) is 0 Å². The van der Waals surface area contributed by atoms with E-state index in [0.29, 0.717) is 0 Å². The molecule has 0 bridgehead atoms.